The SMILES string of the molecule is O=BCN[C@@H](CNc1ccccc1[N+](=O)[O-])C(=O)O. The van der Waals surface area contributed by atoms with Crippen LogP contribution in [0.25, 0.3) is 0 Å². The predicted octanol–water partition coefficient (Wildman–Crippen LogP) is 0.0567. The van der Waals surface area contributed by atoms with Crippen molar-refractivity contribution in [2.24, 2.45) is 0 Å². The maximum absolute atomic E-state index is 10.9. The molecule has 0 aliphatic heterocycles. The molecule has 0 fully saturated rings. The van der Waals surface area contributed by atoms with Gasteiger partial charge in [0.2, 0.25) is 0 Å². The number of nitrogens with one attached hydrogen (secondary N) is 2. The van der Waals surface area contributed by atoms with Crippen molar-refractivity contribution in [2.45, 2.75) is 6.04 Å². The summed E-state index contributed by atoms with van der Waals surface area (Å²) in [6.07, 6.45) is -0.102. The van der Waals surface area contributed by atoms with Gasteiger partial charge < -0.3 is 0 Å². The third-order valence-electron chi connectivity index (χ3n) is 2.34. The van der Waals surface area contributed by atoms with E-state index in [9.17, 15) is 19.6 Å². The van der Waals surface area contributed by atoms with Crippen molar-refractivity contribution in [1.82, 2.24) is 5.32 Å². The van der Waals surface area contributed by atoms with Crippen LogP contribution in [0, 0.1) is 10.1 Å². The van der Waals surface area contributed by atoms with Gasteiger partial charge in [0.15, 0.2) is 0 Å². The summed E-state index contributed by atoms with van der Waals surface area (Å²) in [5.74, 6) is -1.15. The summed E-state index contributed by atoms with van der Waals surface area (Å²) >= 11 is 0. The minimum atomic E-state index is -1.15. The molecular formula is C10H12BN3O5. The van der Waals surface area contributed by atoms with Crippen molar-refractivity contribution >= 4 is 24.5 Å². The van der Waals surface area contributed by atoms with Crippen LogP contribution >= 0.6 is 0 Å². The molecule has 1 aromatic carbocycles. The van der Waals surface area contributed by atoms with E-state index in [-0.39, 0.29) is 24.4 Å². The summed E-state index contributed by atoms with van der Waals surface area (Å²) in [6.45, 7) is -0.0754. The van der Waals surface area contributed by atoms with Gasteiger partial charge in [-0.2, -0.15) is 0 Å². The number of rotatable bonds is 8. The topological polar surface area (TPSA) is 122 Å². The zero-order chi connectivity index (χ0) is 14.3. The molecule has 1 atom stereocenters. The van der Waals surface area contributed by atoms with Gasteiger partial charge in [-0.25, -0.2) is 0 Å². The quantitative estimate of drug-likeness (QED) is 0.345. The Kier molecular flexibility index (Phi) is 5.61. The predicted molar refractivity (Wildman–Crippen MR) is 67.5 cm³/mol. The molecule has 0 aromatic heterocycles. The average Bonchev–Trinajstić information content (AvgIpc) is 2.38. The Hall–Kier alpha value is -2.29. The molecular weight excluding hydrogens is 253 g/mol. The molecule has 1 aromatic rings. The monoisotopic (exact) mass is 265 g/mol. The Morgan fingerprint density at radius 2 is 2.16 bits per heavy atom. The summed E-state index contributed by atoms with van der Waals surface area (Å²) in [5, 5.41) is 24.8. The van der Waals surface area contributed by atoms with Gasteiger partial charge in [0, 0.05) is 0 Å². The molecule has 0 radical (unpaired) electrons. The van der Waals surface area contributed by atoms with Crippen LogP contribution in [0.15, 0.2) is 24.3 Å². The van der Waals surface area contributed by atoms with Crippen molar-refractivity contribution in [3.8, 4) is 0 Å². The molecule has 0 bridgehead atoms. The fourth-order valence-electron chi connectivity index (χ4n) is 1.43. The van der Waals surface area contributed by atoms with Crippen LogP contribution in [0.5, 0.6) is 0 Å². The van der Waals surface area contributed by atoms with E-state index in [4.69, 9.17) is 5.11 Å². The molecule has 0 aliphatic carbocycles. The third kappa shape index (κ3) is 4.47. The molecule has 0 saturated carbocycles. The standard InChI is InChI=1S/C10H12BN3O5/c15-10(16)8(13-6-11-17)5-12-7-3-1-2-4-9(7)14(18)19/h1-4,8,12-13H,5-6H2,(H,15,16)/t8-/m0/s1. The number of nitrogens with zero attached hydrogens (tertiary/aromatic N) is 1. The molecule has 8 nitrogen and oxygen atoms in total. The first-order valence-electron chi connectivity index (χ1n) is 5.43. The molecule has 19 heavy (non-hydrogen) atoms. The number of hydrogen-bond acceptors (Lipinski definition) is 6. The number of anilines is 1. The first-order valence-corrected chi connectivity index (χ1v) is 5.43. The van der Waals surface area contributed by atoms with Crippen molar-refractivity contribution in [2.75, 3.05) is 18.3 Å². The van der Waals surface area contributed by atoms with Crippen LogP contribution < -0.4 is 10.6 Å². The van der Waals surface area contributed by atoms with Gasteiger partial charge in [-0.3, -0.25) is 0 Å². The van der Waals surface area contributed by atoms with E-state index in [1.54, 1.807) is 6.07 Å². The summed E-state index contributed by atoms with van der Waals surface area (Å²) in [5.41, 5.74) is 0.0914. The average molecular weight is 265 g/mol. The number of hydrogen-bond donors (Lipinski definition) is 3. The molecule has 0 unspecified atom stereocenters. The Morgan fingerprint density at radius 1 is 1.47 bits per heavy atom. The van der Waals surface area contributed by atoms with Crippen molar-refractivity contribution in [3.05, 3.63) is 34.4 Å². The van der Waals surface area contributed by atoms with Gasteiger partial charge in [0.05, 0.1) is 0 Å². The van der Waals surface area contributed by atoms with E-state index < -0.39 is 16.9 Å². The third-order valence-corrected chi connectivity index (χ3v) is 2.34. The van der Waals surface area contributed by atoms with Gasteiger partial charge in [0.1, 0.15) is 0 Å². The Balaban J connectivity index is 2.71. The summed E-state index contributed by atoms with van der Waals surface area (Å²) in [7, 11) is 0.543. The number of carboxylic acids is 1. The normalized spacial score (nSPS) is 11.4. The van der Waals surface area contributed by atoms with Crippen molar-refractivity contribution < 1.29 is 19.5 Å². The minimum absolute atomic E-state index is 0.0754. The van der Waals surface area contributed by atoms with Gasteiger partial charge in [-0.1, -0.05) is 0 Å². The fraction of sp³-hybridized carbons (Fsp3) is 0.300. The second kappa shape index (κ2) is 7.22. The number of para-hydroxylation sites is 2. The molecule has 0 amide bonds. The van der Waals surface area contributed by atoms with Crippen LogP contribution in [-0.4, -0.2) is 42.2 Å². The Morgan fingerprint density at radius 3 is 2.74 bits per heavy atom. The van der Waals surface area contributed by atoms with Crippen LogP contribution in [0.1, 0.15) is 0 Å². The second-order valence-electron chi connectivity index (χ2n) is 3.62. The molecule has 1 rings (SSSR count). The van der Waals surface area contributed by atoms with Gasteiger partial charge >= 0.3 is 108 Å². The van der Waals surface area contributed by atoms with Crippen molar-refractivity contribution in [1.29, 1.82) is 0 Å². The maximum atomic E-state index is 10.9. The molecule has 3 N–H and O–H groups in total. The van der Waals surface area contributed by atoms with E-state index in [0.29, 0.717) is 7.15 Å². The zero-order valence-corrected chi connectivity index (χ0v) is 9.91. The summed E-state index contributed by atoms with van der Waals surface area (Å²) in [4.78, 5) is 21.1. The summed E-state index contributed by atoms with van der Waals surface area (Å²) in [6, 6.07) is 4.91. The Labute approximate surface area is 109 Å². The molecule has 0 aliphatic rings. The van der Waals surface area contributed by atoms with Crippen LogP contribution in [0.3, 0.4) is 0 Å². The van der Waals surface area contributed by atoms with Crippen molar-refractivity contribution in [3.63, 3.8) is 0 Å². The molecule has 0 saturated heterocycles. The van der Waals surface area contributed by atoms with Crippen LogP contribution in [0.2, 0.25) is 0 Å². The first-order chi connectivity index (χ1) is 9.06. The molecule has 0 heterocycles. The van der Waals surface area contributed by atoms with Crippen LogP contribution in [0.4, 0.5) is 11.4 Å². The molecule has 0 spiro atoms. The molecule has 9 heteroatoms. The second-order valence-corrected chi connectivity index (χ2v) is 3.62. The van der Waals surface area contributed by atoms with E-state index in [1.165, 1.54) is 18.2 Å². The number of nitro benzene ring substituents is 1. The van der Waals surface area contributed by atoms with E-state index in [2.05, 4.69) is 10.6 Å². The van der Waals surface area contributed by atoms with Gasteiger partial charge in [-0.15, -0.1) is 0 Å². The fourth-order valence-corrected chi connectivity index (χ4v) is 1.43. The van der Waals surface area contributed by atoms with E-state index >= 15 is 0 Å². The first kappa shape index (κ1) is 14.8. The zero-order valence-electron chi connectivity index (χ0n) is 9.91. The van der Waals surface area contributed by atoms with E-state index in [0.717, 1.165) is 0 Å². The number of benzene rings is 1. The van der Waals surface area contributed by atoms with E-state index in [1.807, 2.05) is 0 Å². The summed E-state index contributed by atoms with van der Waals surface area (Å²) < 4.78 is 10.2. The van der Waals surface area contributed by atoms with Crippen LogP contribution in [-0.2, 0) is 9.50 Å². The van der Waals surface area contributed by atoms with Gasteiger partial charge in [-0.05, 0) is 0 Å². The number of carboxylic acid groups (broad SMARTS) is 1. The molecule has 100 valence electrons. The number of aliphatic carboxylic acids is 1. The number of carbonyl (C=O) groups is 1. The number of nitro groups is 1. The van der Waals surface area contributed by atoms with Gasteiger partial charge in [0.25, 0.3) is 0 Å². The Bertz CT molecular complexity index is 482.